The highest BCUT2D eigenvalue weighted by molar-refractivity contribution is 5.18. The van der Waals surface area contributed by atoms with Gasteiger partial charge in [-0.3, -0.25) is 0 Å². The second-order valence-electron chi connectivity index (χ2n) is 5.24. The van der Waals surface area contributed by atoms with Crippen LogP contribution in [0.5, 0.6) is 0 Å². The highest BCUT2D eigenvalue weighted by Gasteiger charge is 2.20. The van der Waals surface area contributed by atoms with E-state index >= 15 is 0 Å². The number of rotatable bonds is 6. The molecule has 1 fully saturated rings. The van der Waals surface area contributed by atoms with Crippen LogP contribution in [0.2, 0.25) is 0 Å². The van der Waals surface area contributed by atoms with Gasteiger partial charge in [0.25, 0.3) is 0 Å². The quantitative estimate of drug-likeness (QED) is 0.832. The first-order chi connectivity index (χ1) is 8.79. The molecular weight excluding hydrogens is 224 g/mol. The van der Waals surface area contributed by atoms with Crippen LogP contribution < -0.4 is 5.32 Å². The zero-order valence-corrected chi connectivity index (χ0v) is 11.4. The van der Waals surface area contributed by atoms with Gasteiger partial charge < -0.3 is 15.0 Å². The van der Waals surface area contributed by atoms with Crippen LogP contribution in [0, 0.1) is 5.92 Å². The average molecular weight is 248 g/mol. The van der Waals surface area contributed by atoms with Crippen LogP contribution in [0.4, 0.5) is 0 Å². The summed E-state index contributed by atoms with van der Waals surface area (Å²) in [6.45, 7) is 4.24. The molecule has 2 rings (SSSR count). The lowest BCUT2D eigenvalue weighted by molar-refractivity contribution is 0.164. The molecule has 0 radical (unpaired) electrons. The van der Waals surface area contributed by atoms with Crippen molar-refractivity contribution in [1.29, 1.82) is 0 Å². The lowest BCUT2D eigenvalue weighted by Gasteiger charge is -2.20. The van der Waals surface area contributed by atoms with Crippen molar-refractivity contribution in [1.82, 2.24) is 10.2 Å². The Bertz CT molecular complexity index is 342. The summed E-state index contributed by atoms with van der Waals surface area (Å²) in [7, 11) is 3.96. The summed E-state index contributed by atoms with van der Waals surface area (Å²) < 4.78 is 5.32. The van der Waals surface area contributed by atoms with Gasteiger partial charge >= 0.3 is 0 Å². The van der Waals surface area contributed by atoms with E-state index in [1.54, 1.807) is 7.11 Å². The van der Waals surface area contributed by atoms with Crippen LogP contribution in [-0.2, 0) is 4.74 Å². The Labute approximate surface area is 110 Å². The number of methoxy groups -OCH3 is 1. The fourth-order valence-electron chi connectivity index (χ4n) is 2.63. The highest BCUT2D eigenvalue weighted by Crippen LogP contribution is 2.17. The van der Waals surface area contributed by atoms with Crippen molar-refractivity contribution in [2.24, 2.45) is 5.92 Å². The van der Waals surface area contributed by atoms with Gasteiger partial charge in [-0.1, -0.05) is 30.3 Å². The van der Waals surface area contributed by atoms with E-state index in [-0.39, 0.29) is 0 Å². The Hall–Kier alpha value is -0.900. The Morgan fingerprint density at radius 2 is 2.17 bits per heavy atom. The van der Waals surface area contributed by atoms with E-state index in [4.69, 9.17) is 4.74 Å². The van der Waals surface area contributed by atoms with E-state index in [2.05, 4.69) is 47.6 Å². The molecule has 1 aromatic rings. The van der Waals surface area contributed by atoms with E-state index in [0.29, 0.717) is 6.04 Å². The van der Waals surface area contributed by atoms with Crippen LogP contribution in [0.15, 0.2) is 30.3 Å². The maximum Gasteiger partial charge on any atom is 0.0657 e. The van der Waals surface area contributed by atoms with Crippen LogP contribution in [0.3, 0.4) is 0 Å². The van der Waals surface area contributed by atoms with Crippen molar-refractivity contribution < 1.29 is 4.74 Å². The molecule has 2 atom stereocenters. The van der Waals surface area contributed by atoms with E-state index in [1.807, 2.05) is 0 Å². The number of hydrogen-bond acceptors (Lipinski definition) is 3. The molecule has 1 aliphatic heterocycles. The van der Waals surface area contributed by atoms with Crippen molar-refractivity contribution in [3.05, 3.63) is 35.9 Å². The summed E-state index contributed by atoms with van der Waals surface area (Å²) in [6.07, 6.45) is 1.30. The molecule has 0 bridgehead atoms. The number of nitrogens with zero attached hydrogens (tertiary/aromatic N) is 1. The molecule has 100 valence electrons. The first-order valence-electron chi connectivity index (χ1n) is 6.75. The fraction of sp³-hybridized carbons (Fsp3) is 0.600. The summed E-state index contributed by atoms with van der Waals surface area (Å²) >= 11 is 0. The maximum atomic E-state index is 5.32. The minimum atomic E-state index is 0.308. The molecule has 1 heterocycles. The molecular formula is C15H24N2O. The van der Waals surface area contributed by atoms with Gasteiger partial charge in [-0.25, -0.2) is 0 Å². The molecule has 0 spiro atoms. The predicted molar refractivity (Wildman–Crippen MR) is 74.7 cm³/mol. The van der Waals surface area contributed by atoms with Crippen molar-refractivity contribution >= 4 is 0 Å². The van der Waals surface area contributed by atoms with Crippen LogP contribution >= 0.6 is 0 Å². The van der Waals surface area contributed by atoms with Gasteiger partial charge in [0.15, 0.2) is 0 Å². The normalized spacial score (nSPS) is 22.2. The predicted octanol–water partition coefficient (Wildman–Crippen LogP) is 1.92. The standard InChI is InChI=1S/C15H24N2O/c1-17-9-8-13(11-17)10-16-15(12-18-2)14-6-4-3-5-7-14/h3-7,13,15-16H,8-12H2,1-2H3. The number of likely N-dealkylation sites (tertiary alicyclic amines) is 1. The number of nitrogens with one attached hydrogen (secondary N) is 1. The lowest BCUT2D eigenvalue weighted by Crippen LogP contribution is -2.31. The zero-order chi connectivity index (χ0) is 12.8. The van der Waals surface area contributed by atoms with Crippen LogP contribution in [0.1, 0.15) is 18.0 Å². The van der Waals surface area contributed by atoms with Gasteiger partial charge in [-0.15, -0.1) is 0 Å². The van der Waals surface area contributed by atoms with Gasteiger partial charge in [0.1, 0.15) is 0 Å². The molecule has 0 aliphatic carbocycles. The Kier molecular flexibility index (Phi) is 5.17. The fourth-order valence-corrected chi connectivity index (χ4v) is 2.63. The van der Waals surface area contributed by atoms with Gasteiger partial charge in [0.2, 0.25) is 0 Å². The molecule has 0 amide bonds. The third-order valence-corrected chi connectivity index (χ3v) is 3.68. The molecule has 18 heavy (non-hydrogen) atoms. The van der Waals surface area contributed by atoms with Crippen LogP contribution in [-0.4, -0.2) is 45.3 Å². The highest BCUT2D eigenvalue weighted by atomic mass is 16.5. The summed E-state index contributed by atoms with van der Waals surface area (Å²) in [5.41, 5.74) is 1.31. The molecule has 1 aliphatic rings. The van der Waals surface area contributed by atoms with Crippen molar-refractivity contribution in [2.75, 3.05) is 40.4 Å². The smallest absolute Gasteiger partial charge is 0.0657 e. The topological polar surface area (TPSA) is 24.5 Å². The molecule has 1 N–H and O–H groups in total. The molecule has 3 heteroatoms. The largest absolute Gasteiger partial charge is 0.383 e. The van der Waals surface area contributed by atoms with E-state index < -0.39 is 0 Å². The summed E-state index contributed by atoms with van der Waals surface area (Å²) in [6, 6.07) is 10.9. The molecule has 1 saturated heterocycles. The van der Waals surface area contributed by atoms with Gasteiger partial charge in [0.05, 0.1) is 12.6 Å². The van der Waals surface area contributed by atoms with E-state index in [9.17, 15) is 0 Å². The zero-order valence-electron chi connectivity index (χ0n) is 11.4. The van der Waals surface area contributed by atoms with Gasteiger partial charge in [0, 0.05) is 13.7 Å². The van der Waals surface area contributed by atoms with Crippen molar-refractivity contribution in [3.63, 3.8) is 0 Å². The van der Waals surface area contributed by atoms with Crippen LogP contribution in [0.25, 0.3) is 0 Å². The molecule has 0 aromatic heterocycles. The average Bonchev–Trinajstić information content (AvgIpc) is 2.81. The minimum Gasteiger partial charge on any atom is -0.383 e. The second kappa shape index (κ2) is 6.88. The summed E-state index contributed by atoms with van der Waals surface area (Å²) in [5, 5.41) is 3.65. The monoisotopic (exact) mass is 248 g/mol. The molecule has 2 unspecified atom stereocenters. The SMILES string of the molecule is COCC(NCC1CCN(C)C1)c1ccccc1. The molecule has 0 saturated carbocycles. The van der Waals surface area contributed by atoms with Gasteiger partial charge in [-0.2, -0.15) is 0 Å². The minimum absolute atomic E-state index is 0.308. The first kappa shape index (κ1) is 13.5. The number of hydrogen-bond donors (Lipinski definition) is 1. The van der Waals surface area contributed by atoms with E-state index in [1.165, 1.54) is 25.1 Å². The Morgan fingerprint density at radius 3 is 2.78 bits per heavy atom. The Balaban J connectivity index is 1.87. The first-order valence-corrected chi connectivity index (χ1v) is 6.75. The number of benzene rings is 1. The second-order valence-corrected chi connectivity index (χ2v) is 5.24. The maximum absolute atomic E-state index is 5.32. The summed E-state index contributed by atoms with van der Waals surface area (Å²) in [4.78, 5) is 2.40. The van der Waals surface area contributed by atoms with Crippen molar-refractivity contribution in [2.45, 2.75) is 12.5 Å². The van der Waals surface area contributed by atoms with Crippen molar-refractivity contribution in [3.8, 4) is 0 Å². The van der Waals surface area contributed by atoms with Gasteiger partial charge in [-0.05, 0) is 38.0 Å². The third-order valence-electron chi connectivity index (χ3n) is 3.68. The summed E-state index contributed by atoms with van der Waals surface area (Å²) in [5.74, 6) is 0.776. The third kappa shape index (κ3) is 3.80. The molecule has 3 nitrogen and oxygen atoms in total. The Morgan fingerprint density at radius 1 is 1.39 bits per heavy atom. The number of ether oxygens (including phenoxy) is 1. The molecule has 1 aromatic carbocycles. The van der Waals surface area contributed by atoms with E-state index in [0.717, 1.165) is 19.1 Å². The lowest BCUT2D eigenvalue weighted by atomic mass is 10.1.